The number of hydrogen-bond donors (Lipinski definition) is 0. The van der Waals surface area contributed by atoms with Crippen LogP contribution in [0.3, 0.4) is 0 Å². The Bertz CT molecular complexity index is 858. The van der Waals surface area contributed by atoms with Crippen molar-refractivity contribution in [2.75, 3.05) is 7.05 Å². The average molecular weight is 288 g/mol. The minimum atomic E-state index is -0.220. The number of rotatable bonds is 2. The predicted molar refractivity (Wildman–Crippen MR) is 87.5 cm³/mol. The standard InChI is InChI=1S/C19H16N2O/c1-21-11-16-19(17(21)12-22)18(13-7-3-2-4-8-13)14-9-5-6-10-15(14)20-16/h2-10,12,17H,11H2,1H3. The monoisotopic (exact) mass is 288 g/mol. The summed E-state index contributed by atoms with van der Waals surface area (Å²) in [6.07, 6.45) is 1.02. The first-order chi connectivity index (χ1) is 10.8. The third-order valence-corrected chi connectivity index (χ3v) is 4.37. The van der Waals surface area contributed by atoms with E-state index in [0.29, 0.717) is 6.54 Å². The van der Waals surface area contributed by atoms with E-state index in [1.165, 1.54) is 0 Å². The minimum absolute atomic E-state index is 0.220. The van der Waals surface area contributed by atoms with Crippen molar-refractivity contribution in [3.63, 3.8) is 0 Å². The lowest BCUT2D eigenvalue weighted by Gasteiger charge is -2.17. The molecule has 2 heterocycles. The second kappa shape index (κ2) is 5.04. The van der Waals surface area contributed by atoms with Crippen LogP contribution in [0.1, 0.15) is 17.3 Å². The topological polar surface area (TPSA) is 33.2 Å². The van der Waals surface area contributed by atoms with Gasteiger partial charge in [0, 0.05) is 17.5 Å². The summed E-state index contributed by atoms with van der Waals surface area (Å²) in [6, 6.07) is 18.2. The number of aromatic nitrogens is 1. The van der Waals surface area contributed by atoms with E-state index in [1.807, 2.05) is 43.4 Å². The maximum Gasteiger partial charge on any atom is 0.141 e. The molecule has 3 aromatic rings. The van der Waals surface area contributed by atoms with E-state index in [9.17, 15) is 4.79 Å². The number of hydrogen-bond acceptors (Lipinski definition) is 3. The highest BCUT2D eigenvalue weighted by atomic mass is 16.1. The number of fused-ring (bicyclic) bond motifs is 2. The molecule has 1 atom stereocenters. The summed E-state index contributed by atoms with van der Waals surface area (Å²) in [5.41, 5.74) is 5.33. The van der Waals surface area contributed by atoms with Crippen LogP contribution in [-0.2, 0) is 11.3 Å². The third kappa shape index (κ3) is 1.86. The Labute approximate surface area is 129 Å². The van der Waals surface area contributed by atoms with E-state index >= 15 is 0 Å². The van der Waals surface area contributed by atoms with Crippen LogP contribution in [0.2, 0.25) is 0 Å². The van der Waals surface area contributed by atoms with Crippen molar-refractivity contribution in [3.05, 3.63) is 65.9 Å². The fourth-order valence-electron chi connectivity index (χ4n) is 3.36. The second-order valence-corrected chi connectivity index (χ2v) is 5.73. The number of nitrogens with zero attached hydrogens (tertiary/aromatic N) is 2. The van der Waals surface area contributed by atoms with E-state index in [-0.39, 0.29) is 6.04 Å². The van der Waals surface area contributed by atoms with Gasteiger partial charge in [-0.15, -0.1) is 0 Å². The Balaban J connectivity index is 2.13. The van der Waals surface area contributed by atoms with E-state index in [2.05, 4.69) is 23.1 Å². The molecule has 3 heteroatoms. The van der Waals surface area contributed by atoms with E-state index in [1.54, 1.807) is 0 Å². The number of likely N-dealkylation sites (N-methyl/N-ethyl adjacent to an activating group) is 1. The highest BCUT2D eigenvalue weighted by molar-refractivity contribution is 5.98. The number of carbonyl (C=O) groups excluding carboxylic acids is 1. The van der Waals surface area contributed by atoms with Gasteiger partial charge in [-0.25, -0.2) is 0 Å². The molecular formula is C19H16N2O. The Morgan fingerprint density at radius 2 is 1.82 bits per heavy atom. The van der Waals surface area contributed by atoms with E-state index in [4.69, 9.17) is 4.98 Å². The molecule has 108 valence electrons. The van der Waals surface area contributed by atoms with E-state index in [0.717, 1.165) is 39.6 Å². The molecule has 22 heavy (non-hydrogen) atoms. The van der Waals surface area contributed by atoms with Gasteiger partial charge in [0.05, 0.1) is 17.3 Å². The lowest BCUT2D eigenvalue weighted by atomic mass is 9.92. The van der Waals surface area contributed by atoms with Crippen molar-refractivity contribution in [1.29, 1.82) is 0 Å². The van der Waals surface area contributed by atoms with Gasteiger partial charge in [-0.05, 0) is 24.2 Å². The molecule has 0 aliphatic carbocycles. The fourth-order valence-corrected chi connectivity index (χ4v) is 3.36. The molecule has 0 fully saturated rings. The molecule has 0 radical (unpaired) electrons. The summed E-state index contributed by atoms with van der Waals surface area (Å²) < 4.78 is 0. The molecule has 0 saturated carbocycles. The van der Waals surface area contributed by atoms with Gasteiger partial charge in [0.25, 0.3) is 0 Å². The Morgan fingerprint density at radius 3 is 2.59 bits per heavy atom. The van der Waals surface area contributed by atoms with E-state index < -0.39 is 0 Å². The largest absolute Gasteiger partial charge is 0.301 e. The molecule has 0 amide bonds. The molecule has 3 nitrogen and oxygen atoms in total. The molecule has 1 unspecified atom stereocenters. The zero-order valence-corrected chi connectivity index (χ0v) is 12.4. The molecule has 0 saturated heterocycles. The molecule has 1 aromatic heterocycles. The summed E-state index contributed by atoms with van der Waals surface area (Å²) in [4.78, 5) is 18.5. The highest BCUT2D eigenvalue weighted by Gasteiger charge is 2.32. The molecule has 2 aromatic carbocycles. The highest BCUT2D eigenvalue weighted by Crippen LogP contribution is 2.41. The van der Waals surface area contributed by atoms with Gasteiger partial charge in [-0.1, -0.05) is 48.5 Å². The molecule has 0 bridgehead atoms. The number of pyridine rings is 1. The number of para-hydroxylation sites is 1. The zero-order valence-electron chi connectivity index (χ0n) is 12.4. The van der Waals surface area contributed by atoms with Crippen molar-refractivity contribution < 1.29 is 4.79 Å². The van der Waals surface area contributed by atoms with Crippen LogP contribution in [-0.4, -0.2) is 23.2 Å². The van der Waals surface area contributed by atoms with Crippen LogP contribution in [0.4, 0.5) is 0 Å². The SMILES string of the molecule is CN1Cc2nc3ccccc3c(-c3ccccc3)c2C1C=O. The summed E-state index contributed by atoms with van der Waals surface area (Å²) in [6.45, 7) is 0.712. The van der Waals surface area contributed by atoms with Crippen molar-refractivity contribution in [2.24, 2.45) is 0 Å². The molecule has 1 aliphatic rings. The fraction of sp³-hybridized carbons (Fsp3) is 0.158. The smallest absolute Gasteiger partial charge is 0.141 e. The van der Waals surface area contributed by atoms with Gasteiger partial charge in [-0.2, -0.15) is 0 Å². The zero-order chi connectivity index (χ0) is 15.1. The molecular weight excluding hydrogens is 272 g/mol. The second-order valence-electron chi connectivity index (χ2n) is 5.73. The summed E-state index contributed by atoms with van der Waals surface area (Å²) in [5.74, 6) is 0. The lowest BCUT2D eigenvalue weighted by molar-refractivity contribution is -0.111. The number of aldehydes is 1. The van der Waals surface area contributed by atoms with Crippen LogP contribution >= 0.6 is 0 Å². The number of benzene rings is 2. The van der Waals surface area contributed by atoms with Gasteiger partial charge in [0.2, 0.25) is 0 Å². The normalized spacial score (nSPS) is 17.6. The number of carbonyl (C=O) groups is 1. The molecule has 1 aliphatic heterocycles. The van der Waals surface area contributed by atoms with Gasteiger partial charge in [0.1, 0.15) is 6.29 Å². The maximum absolute atomic E-state index is 11.6. The molecule has 4 rings (SSSR count). The summed E-state index contributed by atoms with van der Waals surface area (Å²) in [5, 5.41) is 1.11. The Kier molecular flexibility index (Phi) is 3.01. The first-order valence-electron chi connectivity index (χ1n) is 7.42. The van der Waals surface area contributed by atoms with Crippen molar-refractivity contribution in [2.45, 2.75) is 12.6 Å². The Hall–Kier alpha value is -2.52. The maximum atomic E-state index is 11.6. The lowest BCUT2D eigenvalue weighted by Crippen LogP contribution is -2.17. The first kappa shape index (κ1) is 13.2. The van der Waals surface area contributed by atoms with Crippen molar-refractivity contribution >= 4 is 17.2 Å². The van der Waals surface area contributed by atoms with Crippen LogP contribution < -0.4 is 0 Å². The van der Waals surface area contributed by atoms with Crippen LogP contribution in [0.5, 0.6) is 0 Å². The summed E-state index contributed by atoms with van der Waals surface area (Å²) >= 11 is 0. The van der Waals surface area contributed by atoms with Crippen molar-refractivity contribution in [1.82, 2.24) is 9.88 Å². The van der Waals surface area contributed by atoms with Crippen molar-refractivity contribution in [3.8, 4) is 11.1 Å². The predicted octanol–water partition coefficient (Wildman–Crippen LogP) is 3.59. The molecule has 0 spiro atoms. The molecule has 0 N–H and O–H groups in total. The van der Waals surface area contributed by atoms with Gasteiger partial charge in [0.15, 0.2) is 0 Å². The third-order valence-electron chi connectivity index (χ3n) is 4.37. The van der Waals surface area contributed by atoms with Gasteiger partial charge < -0.3 is 4.79 Å². The van der Waals surface area contributed by atoms with Crippen LogP contribution in [0.15, 0.2) is 54.6 Å². The van der Waals surface area contributed by atoms with Gasteiger partial charge in [-0.3, -0.25) is 9.88 Å². The Morgan fingerprint density at radius 1 is 1.09 bits per heavy atom. The van der Waals surface area contributed by atoms with Crippen LogP contribution in [0.25, 0.3) is 22.0 Å². The van der Waals surface area contributed by atoms with Crippen LogP contribution in [0, 0.1) is 0 Å². The average Bonchev–Trinajstić information content (AvgIpc) is 2.88. The van der Waals surface area contributed by atoms with Gasteiger partial charge >= 0.3 is 0 Å². The quantitative estimate of drug-likeness (QED) is 0.676. The summed E-state index contributed by atoms with van der Waals surface area (Å²) in [7, 11) is 1.97. The minimum Gasteiger partial charge on any atom is -0.301 e. The first-order valence-corrected chi connectivity index (χ1v) is 7.42.